The summed E-state index contributed by atoms with van der Waals surface area (Å²) in [4.78, 5) is 18.4. The van der Waals surface area contributed by atoms with Crippen molar-refractivity contribution in [3.05, 3.63) is 70.0 Å². The zero-order valence-electron chi connectivity index (χ0n) is 16.6. The number of H-pyrrole nitrogens is 1. The van der Waals surface area contributed by atoms with Gasteiger partial charge < -0.3 is 9.64 Å². The van der Waals surface area contributed by atoms with E-state index in [0.717, 1.165) is 11.1 Å². The fraction of sp³-hybridized carbons (Fsp3) is 0.286. The van der Waals surface area contributed by atoms with Gasteiger partial charge in [0.1, 0.15) is 12.4 Å². The first-order valence-corrected chi connectivity index (χ1v) is 10.5. The number of amides is 1. The summed E-state index contributed by atoms with van der Waals surface area (Å²) in [7, 11) is 1.80. The summed E-state index contributed by atoms with van der Waals surface area (Å²) in [6.07, 6.45) is 0. The molecule has 152 valence electrons. The predicted molar refractivity (Wildman–Crippen MR) is 115 cm³/mol. The van der Waals surface area contributed by atoms with Crippen molar-refractivity contribution >= 4 is 29.3 Å². The monoisotopic (exact) mass is 430 g/mol. The number of aryl methyl sites for hydroxylation is 2. The van der Waals surface area contributed by atoms with Crippen molar-refractivity contribution in [2.75, 3.05) is 12.8 Å². The quantitative estimate of drug-likeness (QED) is 0.536. The summed E-state index contributed by atoms with van der Waals surface area (Å²) in [6.45, 7) is 4.80. The van der Waals surface area contributed by atoms with Crippen LogP contribution in [0, 0.1) is 13.8 Å². The molecule has 0 atom stereocenters. The standard InChI is InChI=1S/C21H23ClN4O2S/c1-14-4-6-16(7-5-14)11-26(3)20(27)13-29-21-23-19(24-25-21)12-28-17-8-9-18(22)15(2)10-17/h4-10H,11-13H2,1-3H3,(H,23,24,25). The van der Waals surface area contributed by atoms with Gasteiger partial charge in [0, 0.05) is 18.6 Å². The average Bonchev–Trinajstić information content (AvgIpc) is 3.16. The topological polar surface area (TPSA) is 71.1 Å². The van der Waals surface area contributed by atoms with Crippen LogP contribution in [-0.2, 0) is 17.9 Å². The number of nitrogens with zero attached hydrogens (tertiary/aromatic N) is 3. The highest BCUT2D eigenvalue weighted by molar-refractivity contribution is 7.99. The molecule has 0 aliphatic heterocycles. The number of ether oxygens (including phenoxy) is 1. The third kappa shape index (κ3) is 6.24. The van der Waals surface area contributed by atoms with Crippen LogP contribution in [0.1, 0.15) is 22.5 Å². The molecule has 0 saturated carbocycles. The van der Waals surface area contributed by atoms with Crippen LogP contribution >= 0.6 is 23.4 Å². The lowest BCUT2D eigenvalue weighted by atomic mass is 10.1. The second-order valence-electron chi connectivity index (χ2n) is 6.79. The van der Waals surface area contributed by atoms with Gasteiger partial charge in [0.2, 0.25) is 11.1 Å². The molecule has 0 spiro atoms. The van der Waals surface area contributed by atoms with E-state index >= 15 is 0 Å². The molecule has 0 saturated heterocycles. The van der Waals surface area contributed by atoms with Crippen LogP contribution in [0.4, 0.5) is 0 Å². The molecular weight excluding hydrogens is 408 g/mol. The summed E-state index contributed by atoms with van der Waals surface area (Å²) in [5.41, 5.74) is 3.26. The van der Waals surface area contributed by atoms with Crippen LogP contribution in [0.5, 0.6) is 5.75 Å². The largest absolute Gasteiger partial charge is 0.486 e. The molecule has 0 bridgehead atoms. The van der Waals surface area contributed by atoms with Gasteiger partial charge in [-0.2, -0.15) is 0 Å². The van der Waals surface area contributed by atoms with Crippen LogP contribution < -0.4 is 4.74 Å². The van der Waals surface area contributed by atoms with Crippen LogP contribution in [0.25, 0.3) is 0 Å². The highest BCUT2D eigenvalue weighted by atomic mass is 35.5. The van der Waals surface area contributed by atoms with Crippen LogP contribution in [0.2, 0.25) is 5.02 Å². The normalized spacial score (nSPS) is 10.8. The first-order chi connectivity index (χ1) is 13.9. The molecule has 6 nitrogen and oxygen atoms in total. The minimum Gasteiger partial charge on any atom is -0.486 e. The number of hydrogen-bond acceptors (Lipinski definition) is 5. The number of hydrogen-bond donors (Lipinski definition) is 1. The molecule has 29 heavy (non-hydrogen) atoms. The third-order valence-electron chi connectivity index (χ3n) is 4.31. The minimum absolute atomic E-state index is 0.0230. The highest BCUT2D eigenvalue weighted by Crippen LogP contribution is 2.22. The Hall–Kier alpha value is -2.51. The molecule has 0 radical (unpaired) electrons. The number of nitrogens with one attached hydrogen (secondary N) is 1. The third-order valence-corrected chi connectivity index (χ3v) is 5.56. The van der Waals surface area contributed by atoms with Gasteiger partial charge in [-0.1, -0.05) is 53.2 Å². The Bertz CT molecular complexity index is 975. The van der Waals surface area contributed by atoms with Gasteiger partial charge in [0.15, 0.2) is 5.82 Å². The van der Waals surface area contributed by atoms with Gasteiger partial charge in [0.05, 0.1) is 5.75 Å². The van der Waals surface area contributed by atoms with E-state index < -0.39 is 0 Å². The van der Waals surface area contributed by atoms with Gasteiger partial charge in [-0.15, -0.1) is 5.10 Å². The lowest BCUT2D eigenvalue weighted by molar-refractivity contribution is -0.127. The van der Waals surface area contributed by atoms with Gasteiger partial charge >= 0.3 is 0 Å². The van der Waals surface area contributed by atoms with Crippen molar-refractivity contribution in [3.8, 4) is 5.75 Å². The van der Waals surface area contributed by atoms with Gasteiger partial charge in [-0.3, -0.25) is 9.89 Å². The number of aromatic nitrogens is 3. The second-order valence-corrected chi connectivity index (χ2v) is 8.14. The van der Waals surface area contributed by atoms with Crippen LogP contribution in [0.3, 0.4) is 0 Å². The molecule has 1 aromatic heterocycles. The zero-order chi connectivity index (χ0) is 20.8. The van der Waals surface area contributed by atoms with Crippen molar-refractivity contribution in [1.29, 1.82) is 0 Å². The van der Waals surface area contributed by atoms with Crippen LogP contribution in [-0.4, -0.2) is 38.8 Å². The number of thioether (sulfide) groups is 1. The maximum absolute atomic E-state index is 12.4. The predicted octanol–water partition coefficient (Wildman–Crippen LogP) is 4.40. The number of carbonyl (C=O) groups excluding carboxylic acids is 1. The summed E-state index contributed by atoms with van der Waals surface area (Å²) < 4.78 is 5.70. The van der Waals surface area contributed by atoms with Crippen molar-refractivity contribution in [2.24, 2.45) is 0 Å². The summed E-state index contributed by atoms with van der Waals surface area (Å²) in [5, 5.41) is 8.21. The van der Waals surface area contributed by atoms with E-state index in [4.69, 9.17) is 16.3 Å². The van der Waals surface area contributed by atoms with E-state index in [1.165, 1.54) is 17.3 Å². The van der Waals surface area contributed by atoms with E-state index in [9.17, 15) is 4.79 Å². The average molecular weight is 431 g/mol. The summed E-state index contributed by atoms with van der Waals surface area (Å²) in [6, 6.07) is 13.6. The molecule has 0 unspecified atom stereocenters. The summed E-state index contributed by atoms with van der Waals surface area (Å²) >= 11 is 7.32. The molecule has 0 aliphatic rings. The molecule has 0 aliphatic carbocycles. The number of carbonyl (C=O) groups is 1. The Morgan fingerprint density at radius 1 is 1.21 bits per heavy atom. The molecule has 3 rings (SSSR count). The highest BCUT2D eigenvalue weighted by Gasteiger charge is 2.12. The molecular formula is C21H23ClN4O2S. The summed E-state index contributed by atoms with van der Waals surface area (Å²) in [5.74, 6) is 1.61. The Morgan fingerprint density at radius 3 is 2.69 bits per heavy atom. The second kappa shape index (κ2) is 9.80. The zero-order valence-corrected chi connectivity index (χ0v) is 18.2. The minimum atomic E-state index is 0.0230. The molecule has 1 heterocycles. The molecule has 1 N–H and O–H groups in total. The fourth-order valence-electron chi connectivity index (χ4n) is 2.56. The van der Waals surface area contributed by atoms with E-state index in [1.807, 2.05) is 50.2 Å². The van der Waals surface area contributed by atoms with Crippen LogP contribution in [0.15, 0.2) is 47.6 Å². The SMILES string of the molecule is Cc1ccc(CN(C)C(=O)CSc2n[nH]c(COc3ccc(Cl)c(C)c3)n2)cc1. The molecule has 0 fully saturated rings. The fourth-order valence-corrected chi connectivity index (χ4v) is 3.43. The van der Waals surface area contributed by atoms with E-state index in [2.05, 4.69) is 15.2 Å². The molecule has 3 aromatic rings. The van der Waals surface area contributed by atoms with E-state index in [-0.39, 0.29) is 18.3 Å². The molecule has 2 aromatic carbocycles. The Kier molecular flexibility index (Phi) is 7.17. The van der Waals surface area contributed by atoms with Crippen molar-refractivity contribution in [3.63, 3.8) is 0 Å². The number of benzene rings is 2. The first-order valence-electron chi connectivity index (χ1n) is 9.13. The number of rotatable bonds is 8. The van der Waals surface area contributed by atoms with Gasteiger partial charge in [-0.25, -0.2) is 4.98 Å². The van der Waals surface area contributed by atoms with Gasteiger partial charge in [-0.05, 0) is 43.2 Å². The Morgan fingerprint density at radius 2 is 1.97 bits per heavy atom. The first kappa shape index (κ1) is 21.2. The maximum Gasteiger partial charge on any atom is 0.233 e. The van der Waals surface area contributed by atoms with Gasteiger partial charge in [0.25, 0.3) is 0 Å². The van der Waals surface area contributed by atoms with E-state index in [1.54, 1.807) is 18.0 Å². The lowest BCUT2D eigenvalue weighted by Crippen LogP contribution is -2.27. The van der Waals surface area contributed by atoms with Crippen molar-refractivity contribution in [2.45, 2.75) is 32.2 Å². The van der Waals surface area contributed by atoms with Crippen molar-refractivity contribution < 1.29 is 9.53 Å². The van der Waals surface area contributed by atoms with E-state index in [0.29, 0.717) is 28.3 Å². The van der Waals surface area contributed by atoms with Crippen molar-refractivity contribution in [1.82, 2.24) is 20.1 Å². The Labute approximate surface area is 179 Å². The molecule has 8 heteroatoms. The Balaban J connectivity index is 1.46. The molecule has 1 amide bonds. The smallest absolute Gasteiger partial charge is 0.233 e. The number of aromatic amines is 1. The lowest BCUT2D eigenvalue weighted by Gasteiger charge is -2.16. The maximum atomic E-state index is 12.4. The number of halogens is 1.